The Morgan fingerprint density at radius 2 is 1.04 bits per heavy atom. The van der Waals surface area contributed by atoms with E-state index in [2.05, 4.69) is 30.6 Å². The molecule has 268 valence electrons. The quantitative estimate of drug-likeness (QED) is 0.0911. The summed E-state index contributed by atoms with van der Waals surface area (Å²) in [6, 6.07) is 23.5. The Morgan fingerprint density at radius 1 is 0.574 bits per heavy atom. The van der Waals surface area contributed by atoms with Gasteiger partial charge in [0.05, 0.1) is 17.7 Å². The number of nitrogens with one attached hydrogen (secondary N) is 6. The first-order chi connectivity index (χ1) is 26.1. The van der Waals surface area contributed by atoms with Crippen LogP contribution in [0.25, 0.3) is 43.6 Å². The van der Waals surface area contributed by atoms with Crippen molar-refractivity contribution < 1.29 is 29.0 Å². The van der Waals surface area contributed by atoms with Crippen LogP contribution in [0.2, 0.25) is 0 Å². The molecule has 4 aromatic heterocycles. The van der Waals surface area contributed by atoms with Gasteiger partial charge in [0, 0.05) is 79.8 Å². The Labute approximate surface area is 303 Å². The number of para-hydroxylation sites is 2. The molecule has 0 fully saturated rings. The lowest BCUT2D eigenvalue weighted by atomic mass is 10.1. The molecule has 0 bridgehead atoms. The molecule has 14 heteroatoms. The number of aromatic nitrogens is 4. The standard InChI is InChI=1S/C21H17N3O4.C19H13N3O4/c1-2-28-21(27)15-9-12(10-18-13(15)7-8-22-18)24-20(26)16-11-23-17-6-4-3-5-14(17)19(16)25;23-17-12-3-1-2-4-15(12)21-9-14(17)18(24)22-10-7-13(19(25)26)11-5-6-20-16(11)8-10/h3-11,22H,2H2,1H3,(H,23,25)(H,24,26);1-9,20H,(H,21,23)(H,22,24)(H,25,26). The number of rotatable bonds is 7. The number of carbonyl (C=O) groups excluding carboxylic acids is 3. The normalized spacial score (nSPS) is 10.9. The summed E-state index contributed by atoms with van der Waals surface area (Å²) >= 11 is 0. The van der Waals surface area contributed by atoms with Crippen LogP contribution in [0.15, 0.2) is 119 Å². The number of aromatic amines is 4. The van der Waals surface area contributed by atoms with Crippen LogP contribution in [-0.2, 0) is 4.74 Å². The maximum absolute atomic E-state index is 12.7. The van der Waals surface area contributed by atoms with Crippen LogP contribution in [0.5, 0.6) is 0 Å². The zero-order valence-electron chi connectivity index (χ0n) is 28.4. The highest BCUT2D eigenvalue weighted by atomic mass is 16.5. The predicted molar refractivity (Wildman–Crippen MR) is 205 cm³/mol. The van der Waals surface area contributed by atoms with Gasteiger partial charge in [-0.25, -0.2) is 9.59 Å². The van der Waals surface area contributed by atoms with Gasteiger partial charge in [-0.05, 0) is 67.6 Å². The summed E-state index contributed by atoms with van der Waals surface area (Å²) in [5, 5.41) is 16.7. The highest BCUT2D eigenvalue weighted by molar-refractivity contribution is 6.11. The molecule has 2 amide bonds. The summed E-state index contributed by atoms with van der Waals surface area (Å²) in [5.74, 6) is -2.76. The van der Waals surface area contributed by atoms with E-state index in [4.69, 9.17) is 4.74 Å². The number of hydrogen-bond acceptors (Lipinski definition) is 7. The average molecular weight is 723 g/mol. The van der Waals surface area contributed by atoms with E-state index in [0.717, 1.165) is 0 Å². The maximum Gasteiger partial charge on any atom is 0.338 e. The van der Waals surface area contributed by atoms with E-state index in [1.165, 1.54) is 18.5 Å². The van der Waals surface area contributed by atoms with Crippen molar-refractivity contribution in [1.82, 2.24) is 19.9 Å². The number of esters is 1. The fraction of sp³-hybridized carbons (Fsp3) is 0.0500. The van der Waals surface area contributed by atoms with E-state index in [1.807, 2.05) is 0 Å². The number of anilines is 2. The zero-order valence-corrected chi connectivity index (χ0v) is 28.4. The van der Waals surface area contributed by atoms with Crippen molar-refractivity contribution in [2.45, 2.75) is 6.92 Å². The number of benzene rings is 4. The Hall–Kier alpha value is -7.74. The zero-order chi connectivity index (χ0) is 37.9. The molecule has 4 aromatic carbocycles. The second-order valence-corrected chi connectivity index (χ2v) is 12.0. The molecule has 4 heterocycles. The van der Waals surface area contributed by atoms with Gasteiger partial charge in [0.25, 0.3) is 11.8 Å². The summed E-state index contributed by atoms with van der Waals surface area (Å²) in [5.41, 5.74) is 2.79. The van der Waals surface area contributed by atoms with Gasteiger partial charge in [-0.3, -0.25) is 19.2 Å². The number of amides is 2. The Morgan fingerprint density at radius 3 is 1.52 bits per heavy atom. The molecule has 14 nitrogen and oxygen atoms in total. The molecule has 0 saturated heterocycles. The van der Waals surface area contributed by atoms with Crippen molar-refractivity contribution in [2.75, 3.05) is 17.2 Å². The molecule has 0 unspecified atom stereocenters. The summed E-state index contributed by atoms with van der Waals surface area (Å²) in [7, 11) is 0. The second-order valence-electron chi connectivity index (χ2n) is 12.0. The fourth-order valence-electron chi connectivity index (χ4n) is 6.10. The first-order valence-corrected chi connectivity index (χ1v) is 16.6. The lowest BCUT2D eigenvalue weighted by molar-refractivity contribution is 0.0527. The van der Waals surface area contributed by atoms with E-state index in [0.29, 0.717) is 54.9 Å². The Kier molecular flexibility index (Phi) is 9.30. The van der Waals surface area contributed by atoms with Crippen molar-refractivity contribution in [1.29, 1.82) is 0 Å². The largest absolute Gasteiger partial charge is 0.478 e. The molecule has 0 spiro atoms. The summed E-state index contributed by atoms with van der Waals surface area (Å²) in [6.07, 6.45) is 6.06. The van der Waals surface area contributed by atoms with E-state index in [9.17, 15) is 33.9 Å². The lowest BCUT2D eigenvalue weighted by Gasteiger charge is -2.09. The van der Waals surface area contributed by atoms with Crippen LogP contribution in [0, 0.1) is 0 Å². The number of aromatic carboxylic acids is 1. The third kappa shape index (κ3) is 6.69. The van der Waals surface area contributed by atoms with Gasteiger partial charge in [-0.1, -0.05) is 24.3 Å². The number of carboxylic acids is 1. The van der Waals surface area contributed by atoms with Crippen molar-refractivity contribution in [3.8, 4) is 0 Å². The molecule has 0 aliphatic carbocycles. The fourth-order valence-corrected chi connectivity index (χ4v) is 6.10. The molecule has 8 rings (SSSR count). The van der Waals surface area contributed by atoms with E-state index >= 15 is 0 Å². The molecule has 0 atom stereocenters. The van der Waals surface area contributed by atoms with E-state index < -0.39 is 29.2 Å². The minimum absolute atomic E-state index is 0.0111. The van der Waals surface area contributed by atoms with Crippen LogP contribution >= 0.6 is 0 Å². The number of H-pyrrole nitrogens is 4. The van der Waals surface area contributed by atoms with Gasteiger partial charge in [0.15, 0.2) is 0 Å². The first kappa shape index (κ1) is 34.7. The summed E-state index contributed by atoms with van der Waals surface area (Å²) in [6.45, 7) is 1.97. The molecule has 54 heavy (non-hydrogen) atoms. The minimum Gasteiger partial charge on any atom is -0.478 e. The van der Waals surface area contributed by atoms with Crippen LogP contribution in [0.4, 0.5) is 11.4 Å². The number of hydrogen-bond donors (Lipinski definition) is 7. The number of carbonyl (C=O) groups is 4. The van der Waals surface area contributed by atoms with Crippen molar-refractivity contribution >= 4 is 78.7 Å². The van der Waals surface area contributed by atoms with Gasteiger partial charge in [-0.15, -0.1) is 0 Å². The maximum atomic E-state index is 12.7. The number of pyridine rings is 2. The van der Waals surface area contributed by atoms with Gasteiger partial charge in [-0.2, -0.15) is 0 Å². The Bertz CT molecular complexity index is 2900. The highest BCUT2D eigenvalue weighted by Crippen LogP contribution is 2.25. The molecule has 7 N–H and O–H groups in total. The van der Waals surface area contributed by atoms with Gasteiger partial charge >= 0.3 is 11.9 Å². The number of ether oxygens (including phenoxy) is 1. The lowest BCUT2D eigenvalue weighted by Crippen LogP contribution is -2.22. The SMILES string of the molecule is CCOC(=O)c1cc(NC(=O)c2c[nH]c3ccccc3c2=O)cc2[nH]ccc12.O=C(Nc1cc(C(=O)O)c2cc[nH]c2c1)c1c[nH]c2ccccc2c1=O. The predicted octanol–water partition coefficient (Wildman–Crippen LogP) is 6.40. The van der Waals surface area contributed by atoms with Gasteiger partial charge in [0.2, 0.25) is 10.9 Å². The van der Waals surface area contributed by atoms with Gasteiger partial charge in [0.1, 0.15) is 11.1 Å². The summed E-state index contributed by atoms with van der Waals surface area (Å²) < 4.78 is 5.10. The second kappa shape index (κ2) is 14.5. The summed E-state index contributed by atoms with van der Waals surface area (Å²) in [4.78, 5) is 85.9. The monoisotopic (exact) mass is 722 g/mol. The highest BCUT2D eigenvalue weighted by Gasteiger charge is 2.19. The van der Waals surface area contributed by atoms with Crippen LogP contribution in [-0.4, -0.2) is 55.4 Å². The minimum atomic E-state index is -1.10. The number of fused-ring (bicyclic) bond motifs is 4. The molecule has 0 saturated carbocycles. The molecular formula is C40H30N6O8. The third-order valence-electron chi connectivity index (χ3n) is 8.65. The van der Waals surface area contributed by atoms with Crippen LogP contribution in [0.1, 0.15) is 48.4 Å². The van der Waals surface area contributed by atoms with E-state index in [1.54, 1.807) is 98.2 Å². The van der Waals surface area contributed by atoms with Crippen molar-refractivity contribution in [3.63, 3.8) is 0 Å². The molecule has 0 aliphatic heterocycles. The number of carboxylic acid groups (broad SMARTS) is 1. The average Bonchev–Trinajstić information content (AvgIpc) is 3.85. The molecule has 0 aliphatic rings. The topological polar surface area (TPSA) is 219 Å². The molecular weight excluding hydrogens is 692 g/mol. The van der Waals surface area contributed by atoms with Crippen molar-refractivity contribution in [3.05, 3.63) is 152 Å². The first-order valence-electron chi connectivity index (χ1n) is 16.6. The smallest absolute Gasteiger partial charge is 0.338 e. The molecule has 0 radical (unpaired) electrons. The Balaban J connectivity index is 0.000000167. The molecule has 8 aromatic rings. The van der Waals surface area contributed by atoms with E-state index in [-0.39, 0.29) is 34.4 Å². The third-order valence-corrected chi connectivity index (χ3v) is 8.65. The van der Waals surface area contributed by atoms with Crippen molar-refractivity contribution in [2.24, 2.45) is 0 Å². The van der Waals surface area contributed by atoms with Gasteiger partial charge < -0.3 is 40.4 Å². The van der Waals surface area contributed by atoms with Crippen LogP contribution in [0.3, 0.4) is 0 Å². The van der Waals surface area contributed by atoms with Crippen LogP contribution < -0.4 is 21.5 Å².